The molecule has 4 rings (SSSR count). The predicted molar refractivity (Wildman–Crippen MR) is 89.1 cm³/mol. The summed E-state index contributed by atoms with van der Waals surface area (Å²) < 4.78 is 0. The van der Waals surface area contributed by atoms with Crippen LogP contribution in [0.25, 0.3) is 0 Å². The highest BCUT2D eigenvalue weighted by Gasteiger charge is 2.57. The van der Waals surface area contributed by atoms with Crippen molar-refractivity contribution >= 4 is 17.3 Å². The van der Waals surface area contributed by atoms with E-state index < -0.39 is 10.6 Å². The number of anilines is 1. The second-order valence-electron chi connectivity index (χ2n) is 6.42. The first kappa shape index (κ1) is 15.3. The summed E-state index contributed by atoms with van der Waals surface area (Å²) in [6, 6.07) is 14.6. The van der Waals surface area contributed by atoms with Crippen molar-refractivity contribution in [3.05, 3.63) is 64.9 Å². The Kier molecular flexibility index (Phi) is 3.43. The molecule has 2 aromatic rings. The molecular formula is C18H19N3O3. The van der Waals surface area contributed by atoms with E-state index in [1.165, 1.54) is 0 Å². The largest absolute Gasteiger partial charge is 0.595 e. The molecule has 0 aromatic heterocycles. The van der Waals surface area contributed by atoms with Gasteiger partial charge in [0.05, 0.1) is 11.5 Å². The number of quaternary nitrogens is 1. The van der Waals surface area contributed by atoms with E-state index in [1.807, 2.05) is 43.4 Å². The third-order valence-corrected chi connectivity index (χ3v) is 5.28. The molecule has 0 saturated carbocycles. The molecule has 3 unspecified atom stereocenters. The number of hydrogen-bond acceptors (Lipinski definition) is 4. The molecule has 2 aromatic carbocycles. The second kappa shape index (κ2) is 5.39. The number of rotatable bonds is 2. The summed E-state index contributed by atoms with van der Waals surface area (Å²) in [5.74, 6) is 0.0982. The summed E-state index contributed by atoms with van der Waals surface area (Å²) in [4.78, 5) is 14.9. The lowest BCUT2D eigenvalue weighted by atomic mass is 9.73. The fourth-order valence-electron chi connectivity index (χ4n) is 4.14. The lowest BCUT2D eigenvalue weighted by Gasteiger charge is -2.30. The molecule has 2 heterocycles. The second-order valence-corrected chi connectivity index (χ2v) is 6.42. The van der Waals surface area contributed by atoms with Crippen LogP contribution in [0.1, 0.15) is 23.6 Å². The summed E-state index contributed by atoms with van der Waals surface area (Å²) in [6.45, 7) is 0.749. The maximum Gasteiger partial charge on any atom is 0.239 e. The van der Waals surface area contributed by atoms with Crippen molar-refractivity contribution in [1.82, 2.24) is 5.32 Å². The Hall–Kier alpha value is -2.25. The molecule has 3 N–H and O–H groups in total. The van der Waals surface area contributed by atoms with Crippen LogP contribution in [0, 0.1) is 5.21 Å². The van der Waals surface area contributed by atoms with Crippen molar-refractivity contribution in [2.45, 2.75) is 17.9 Å². The van der Waals surface area contributed by atoms with E-state index in [-0.39, 0.29) is 17.6 Å². The lowest BCUT2D eigenvalue weighted by molar-refractivity contribution is -0.991. The van der Waals surface area contributed by atoms with Gasteiger partial charge in [-0.15, -0.1) is 0 Å². The van der Waals surface area contributed by atoms with E-state index in [9.17, 15) is 10.0 Å². The highest BCUT2D eigenvalue weighted by Crippen LogP contribution is 2.52. The number of carbonyl (C=O) groups excluding carboxylic acids is 1. The third-order valence-electron chi connectivity index (χ3n) is 5.28. The minimum atomic E-state index is -0.947. The molecule has 0 aliphatic carbocycles. The monoisotopic (exact) mass is 325 g/mol. The van der Waals surface area contributed by atoms with Gasteiger partial charge >= 0.3 is 0 Å². The van der Waals surface area contributed by atoms with Gasteiger partial charge in [0, 0.05) is 24.9 Å². The summed E-state index contributed by atoms with van der Waals surface area (Å²) in [5.41, 5.74) is 2.58. The minimum absolute atomic E-state index is 0.0982. The van der Waals surface area contributed by atoms with Gasteiger partial charge in [0.2, 0.25) is 5.91 Å². The highest BCUT2D eigenvalue weighted by atomic mass is 16.8. The van der Waals surface area contributed by atoms with Crippen LogP contribution in [0.4, 0.5) is 11.4 Å². The summed E-state index contributed by atoms with van der Waals surface area (Å²) in [7, 11) is 1.82. The summed E-state index contributed by atoms with van der Waals surface area (Å²) in [6.07, 6.45) is 0.735. The van der Waals surface area contributed by atoms with Gasteiger partial charge in [0.1, 0.15) is 0 Å². The summed E-state index contributed by atoms with van der Waals surface area (Å²) in [5, 5.41) is 22.6. The molecular weight excluding hydrogens is 306 g/mol. The van der Waals surface area contributed by atoms with Crippen LogP contribution in [0.15, 0.2) is 48.5 Å². The van der Waals surface area contributed by atoms with Crippen LogP contribution in [0.5, 0.6) is 0 Å². The molecule has 1 saturated heterocycles. The van der Waals surface area contributed by atoms with E-state index in [4.69, 9.17) is 5.21 Å². The first-order chi connectivity index (χ1) is 11.6. The number of benzene rings is 2. The zero-order valence-corrected chi connectivity index (χ0v) is 13.3. The van der Waals surface area contributed by atoms with E-state index >= 15 is 0 Å². The van der Waals surface area contributed by atoms with E-state index in [2.05, 4.69) is 5.32 Å². The fourth-order valence-corrected chi connectivity index (χ4v) is 4.14. The number of likely N-dealkylation sites (N-methyl/N-ethyl adjacent to an activating group) is 1. The molecule has 0 radical (unpaired) electrons. The summed E-state index contributed by atoms with van der Waals surface area (Å²) >= 11 is 0. The van der Waals surface area contributed by atoms with Crippen molar-refractivity contribution in [3.8, 4) is 0 Å². The van der Waals surface area contributed by atoms with Gasteiger partial charge in [-0.05, 0) is 30.2 Å². The average Bonchev–Trinajstić information content (AvgIpc) is 3.13. The minimum Gasteiger partial charge on any atom is -0.595 e. The standard InChI is InChI=1S/C18H19N3O3/c1-20-15-5-3-2-4-14(15)18(17(20)22)10-11-19-16(18)12-6-8-13(9-7-12)21(23)24/h2-9,16,19,21,23H,10-11H2,1H3. The van der Waals surface area contributed by atoms with Crippen LogP contribution in [-0.4, -0.2) is 24.7 Å². The maximum atomic E-state index is 13.1. The number of nitrogens with one attached hydrogen (secondary N) is 2. The Balaban J connectivity index is 1.81. The number of hydrogen-bond donors (Lipinski definition) is 3. The van der Waals surface area contributed by atoms with Gasteiger partial charge in [0.15, 0.2) is 5.69 Å². The van der Waals surface area contributed by atoms with Crippen LogP contribution < -0.4 is 15.4 Å². The van der Waals surface area contributed by atoms with E-state index in [1.54, 1.807) is 17.0 Å². The molecule has 2 aliphatic heterocycles. The van der Waals surface area contributed by atoms with Crippen molar-refractivity contribution in [1.29, 1.82) is 0 Å². The van der Waals surface area contributed by atoms with Gasteiger partial charge in [-0.3, -0.25) is 4.79 Å². The van der Waals surface area contributed by atoms with Crippen LogP contribution in [-0.2, 0) is 10.2 Å². The average molecular weight is 325 g/mol. The Labute approximate surface area is 139 Å². The molecule has 6 nitrogen and oxygen atoms in total. The van der Waals surface area contributed by atoms with Crippen LogP contribution >= 0.6 is 0 Å². The van der Waals surface area contributed by atoms with E-state index in [0.717, 1.165) is 29.8 Å². The quantitative estimate of drug-likeness (QED) is 0.721. The van der Waals surface area contributed by atoms with Crippen LogP contribution in [0.3, 0.4) is 0 Å². The number of para-hydroxylation sites is 1. The van der Waals surface area contributed by atoms with E-state index in [0.29, 0.717) is 0 Å². The van der Waals surface area contributed by atoms with Gasteiger partial charge < -0.3 is 15.4 Å². The van der Waals surface area contributed by atoms with Crippen LogP contribution in [0.2, 0.25) is 0 Å². The van der Waals surface area contributed by atoms with Gasteiger partial charge in [0.25, 0.3) is 0 Å². The van der Waals surface area contributed by atoms with Crippen molar-refractivity contribution < 1.29 is 15.2 Å². The molecule has 1 spiro atoms. The molecule has 1 fully saturated rings. The highest BCUT2D eigenvalue weighted by molar-refractivity contribution is 6.08. The third kappa shape index (κ3) is 1.94. The van der Waals surface area contributed by atoms with Gasteiger partial charge in [-0.1, -0.05) is 30.3 Å². The molecule has 2 aliphatic rings. The number of amides is 1. The predicted octanol–water partition coefficient (Wildman–Crippen LogP) is 1.04. The van der Waals surface area contributed by atoms with Crippen molar-refractivity contribution in [2.75, 3.05) is 18.5 Å². The van der Waals surface area contributed by atoms with Gasteiger partial charge in [-0.25, -0.2) is 5.21 Å². The fraction of sp³-hybridized carbons (Fsp3) is 0.278. The Morgan fingerprint density at radius 1 is 1.25 bits per heavy atom. The molecule has 0 bridgehead atoms. The normalized spacial score (nSPS) is 26.9. The zero-order valence-electron chi connectivity index (χ0n) is 13.3. The SMILES string of the molecule is CN1C(=O)C2(CCNC2c2ccc([NH+]([O-])O)cc2)c2ccccc21. The topological polar surface area (TPSA) is 80.1 Å². The first-order valence-electron chi connectivity index (χ1n) is 8.00. The zero-order chi connectivity index (χ0) is 16.9. The number of nitrogens with zero attached hydrogens (tertiary/aromatic N) is 1. The smallest absolute Gasteiger partial charge is 0.239 e. The van der Waals surface area contributed by atoms with Gasteiger partial charge in [-0.2, -0.15) is 5.23 Å². The molecule has 1 amide bonds. The molecule has 6 heteroatoms. The molecule has 124 valence electrons. The maximum absolute atomic E-state index is 13.1. The molecule has 3 atom stereocenters. The Morgan fingerprint density at radius 2 is 1.96 bits per heavy atom. The Bertz CT molecular complexity index is 790. The Morgan fingerprint density at radius 3 is 2.67 bits per heavy atom. The molecule has 24 heavy (non-hydrogen) atoms. The number of fused-ring (bicyclic) bond motifs is 2. The lowest BCUT2D eigenvalue weighted by Crippen LogP contribution is -2.99. The first-order valence-corrected chi connectivity index (χ1v) is 8.00. The number of carbonyl (C=O) groups is 1. The van der Waals surface area contributed by atoms with Crippen molar-refractivity contribution in [3.63, 3.8) is 0 Å². The van der Waals surface area contributed by atoms with Crippen molar-refractivity contribution in [2.24, 2.45) is 0 Å².